The van der Waals surface area contributed by atoms with Gasteiger partial charge in [-0.25, -0.2) is 4.79 Å². The van der Waals surface area contributed by atoms with E-state index in [0.29, 0.717) is 25.4 Å². The van der Waals surface area contributed by atoms with E-state index in [2.05, 4.69) is 13.2 Å². The van der Waals surface area contributed by atoms with Gasteiger partial charge in [0.15, 0.2) is 0 Å². The van der Waals surface area contributed by atoms with Gasteiger partial charge in [0.25, 0.3) is 0 Å². The Morgan fingerprint density at radius 2 is 2.00 bits per heavy atom. The third kappa shape index (κ3) is 8.20. The van der Waals surface area contributed by atoms with Gasteiger partial charge >= 0.3 is 5.97 Å². The Balaban J connectivity index is 3.47. The van der Waals surface area contributed by atoms with Gasteiger partial charge in [-0.15, -0.1) is 6.58 Å². The molecular weight excluding hydrogens is 208 g/mol. The number of ether oxygens (including phenoxy) is 3. The fourth-order valence-corrected chi connectivity index (χ4v) is 0.940. The standard InChI is InChI=1S/C12H20O4/c1-4-7-15-10-11(2)12(13)16-9-6-5-8-14-3/h4H,1-2,5-10H2,3H3. The van der Waals surface area contributed by atoms with Crippen LogP contribution in [0.1, 0.15) is 12.8 Å². The minimum atomic E-state index is -0.401. The molecule has 0 heterocycles. The topological polar surface area (TPSA) is 44.8 Å². The Morgan fingerprint density at radius 1 is 1.31 bits per heavy atom. The first-order chi connectivity index (χ1) is 7.72. The maximum absolute atomic E-state index is 11.3. The number of carbonyl (C=O) groups is 1. The second kappa shape index (κ2) is 10.4. The smallest absolute Gasteiger partial charge is 0.335 e. The molecule has 0 aromatic rings. The van der Waals surface area contributed by atoms with Crippen LogP contribution < -0.4 is 0 Å². The van der Waals surface area contributed by atoms with Crippen molar-refractivity contribution in [2.75, 3.05) is 33.5 Å². The molecule has 4 heteroatoms. The van der Waals surface area contributed by atoms with Crippen molar-refractivity contribution in [2.45, 2.75) is 12.8 Å². The van der Waals surface area contributed by atoms with E-state index < -0.39 is 5.97 Å². The second-order valence-corrected chi connectivity index (χ2v) is 3.24. The maximum atomic E-state index is 11.3. The molecule has 0 aliphatic carbocycles. The molecule has 92 valence electrons. The zero-order chi connectivity index (χ0) is 12.2. The molecule has 0 bridgehead atoms. The van der Waals surface area contributed by atoms with Gasteiger partial charge in [0.05, 0.1) is 25.4 Å². The predicted octanol–water partition coefficient (Wildman–Crippen LogP) is 1.71. The highest BCUT2D eigenvalue weighted by Gasteiger charge is 2.07. The summed E-state index contributed by atoms with van der Waals surface area (Å²) in [7, 11) is 1.64. The summed E-state index contributed by atoms with van der Waals surface area (Å²) in [6.07, 6.45) is 3.28. The lowest BCUT2D eigenvalue weighted by atomic mass is 10.3. The third-order valence-electron chi connectivity index (χ3n) is 1.78. The van der Waals surface area contributed by atoms with Crippen LogP contribution in [0, 0.1) is 0 Å². The third-order valence-corrected chi connectivity index (χ3v) is 1.78. The van der Waals surface area contributed by atoms with Crippen LogP contribution in [0.25, 0.3) is 0 Å². The Hall–Kier alpha value is -1.13. The van der Waals surface area contributed by atoms with Gasteiger partial charge in [0.2, 0.25) is 0 Å². The Kier molecular flexibility index (Phi) is 9.66. The summed E-state index contributed by atoms with van der Waals surface area (Å²) < 4.78 is 14.9. The van der Waals surface area contributed by atoms with E-state index in [-0.39, 0.29) is 6.61 Å². The van der Waals surface area contributed by atoms with Crippen LogP contribution in [0.3, 0.4) is 0 Å². The zero-order valence-corrected chi connectivity index (χ0v) is 9.87. The number of unbranched alkanes of at least 4 members (excludes halogenated alkanes) is 1. The van der Waals surface area contributed by atoms with Crippen LogP contribution in [0.2, 0.25) is 0 Å². The van der Waals surface area contributed by atoms with Crippen molar-refractivity contribution in [2.24, 2.45) is 0 Å². The Morgan fingerprint density at radius 3 is 2.62 bits per heavy atom. The largest absolute Gasteiger partial charge is 0.462 e. The minimum absolute atomic E-state index is 0.183. The average Bonchev–Trinajstić information content (AvgIpc) is 2.28. The monoisotopic (exact) mass is 228 g/mol. The Bertz CT molecular complexity index is 223. The highest BCUT2D eigenvalue weighted by atomic mass is 16.5. The molecule has 0 rings (SSSR count). The highest BCUT2D eigenvalue weighted by molar-refractivity contribution is 5.87. The van der Waals surface area contributed by atoms with Crippen LogP contribution in [0.15, 0.2) is 24.8 Å². The molecule has 0 aliphatic heterocycles. The lowest BCUT2D eigenvalue weighted by molar-refractivity contribution is -0.139. The second-order valence-electron chi connectivity index (χ2n) is 3.24. The fraction of sp³-hybridized carbons (Fsp3) is 0.583. The van der Waals surface area contributed by atoms with Crippen molar-refractivity contribution >= 4 is 5.97 Å². The van der Waals surface area contributed by atoms with E-state index >= 15 is 0 Å². The molecule has 0 aromatic heterocycles. The first-order valence-electron chi connectivity index (χ1n) is 5.24. The highest BCUT2D eigenvalue weighted by Crippen LogP contribution is 1.98. The predicted molar refractivity (Wildman–Crippen MR) is 62.2 cm³/mol. The van der Waals surface area contributed by atoms with Crippen LogP contribution in [-0.4, -0.2) is 39.5 Å². The summed E-state index contributed by atoms with van der Waals surface area (Å²) in [5.74, 6) is -0.401. The molecule has 16 heavy (non-hydrogen) atoms. The lowest BCUT2D eigenvalue weighted by Gasteiger charge is -2.06. The van der Waals surface area contributed by atoms with Gasteiger partial charge in [-0.05, 0) is 12.8 Å². The van der Waals surface area contributed by atoms with Crippen LogP contribution in [0.5, 0.6) is 0 Å². The fourth-order valence-electron chi connectivity index (χ4n) is 0.940. The van der Waals surface area contributed by atoms with E-state index in [0.717, 1.165) is 12.8 Å². The number of methoxy groups -OCH3 is 1. The molecule has 0 spiro atoms. The molecule has 0 fully saturated rings. The molecular formula is C12H20O4. The van der Waals surface area contributed by atoms with Crippen molar-refractivity contribution < 1.29 is 19.0 Å². The van der Waals surface area contributed by atoms with Crippen molar-refractivity contribution in [1.82, 2.24) is 0 Å². The summed E-state index contributed by atoms with van der Waals surface area (Å²) in [4.78, 5) is 11.3. The molecule has 0 aromatic carbocycles. The van der Waals surface area contributed by atoms with Crippen molar-refractivity contribution in [3.05, 3.63) is 24.8 Å². The summed E-state index contributed by atoms with van der Waals surface area (Å²) in [6.45, 7) is 8.74. The van der Waals surface area contributed by atoms with Crippen molar-refractivity contribution in [1.29, 1.82) is 0 Å². The summed E-state index contributed by atoms with van der Waals surface area (Å²) in [6, 6.07) is 0. The van der Waals surface area contributed by atoms with E-state index in [9.17, 15) is 4.79 Å². The van der Waals surface area contributed by atoms with E-state index in [1.807, 2.05) is 0 Å². The van der Waals surface area contributed by atoms with Gasteiger partial charge in [-0.1, -0.05) is 12.7 Å². The van der Waals surface area contributed by atoms with Gasteiger partial charge in [0.1, 0.15) is 0 Å². The summed E-state index contributed by atoms with van der Waals surface area (Å²) >= 11 is 0. The van der Waals surface area contributed by atoms with Crippen molar-refractivity contribution in [3.63, 3.8) is 0 Å². The first kappa shape index (κ1) is 14.9. The molecule has 4 nitrogen and oxygen atoms in total. The number of carbonyl (C=O) groups excluding carboxylic acids is 1. The zero-order valence-electron chi connectivity index (χ0n) is 9.87. The molecule has 0 saturated heterocycles. The molecule has 0 atom stereocenters. The molecule has 0 N–H and O–H groups in total. The molecule has 0 saturated carbocycles. The van der Waals surface area contributed by atoms with E-state index in [1.165, 1.54) is 0 Å². The number of esters is 1. The summed E-state index contributed by atoms with van der Waals surface area (Å²) in [5, 5.41) is 0. The maximum Gasteiger partial charge on any atom is 0.335 e. The quantitative estimate of drug-likeness (QED) is 0.247. The average molecular weight is 228 g/mol. The lowest BCUT2D eigenvalue weighted by Crippen LogP contribution is -2.13. The SMILES string of the molecule is C=CCOCC(=C)C(=O)OCCCCOC. The van der Waals surface area contributed by atoms with Gasteiger partial charge < -0.3 is 14.2 Å². The summed E-state index contributed by atoms with van der Waals surface area (Å²) in [5.41, 5.74) is 0.327. The molecule has 0 radical (unpaired) electrons. The van der Waals surface area contributed by atoms with Crippen LogP contribution >= 0.6 is 0 Å². The van der Waals surface area contributed by atoms with Crippen LogP contribution in [-0.2, 0) is 19.0 Å². The minimum Gasteiger partial charge on any atom is -0.462 e. The number of hydrogen-bond donors (Lipinski definition) is 0. The normalized spacial score (nSPS) is 9.81. The number of rotatable bonds is 10. The van der Waals surface area contributed by atoms with Crippen LogP contribution in [0.4, 0.5) is 0 Å². The molecule has 0 aliphatic rings. The van der Waals surface area contributed by atoms with E-state index in [4.69, 9.17) is 14.2 Å². The molecule has 0 amide bonds. The van der Waals surface area contributed by atoms with Gasteiger partial charge in [-0.2, -0.15) is 0 Å². The first-order valence-corrected chi connectivity index (χ1v) is 5.24. The van der Waals surface area contributed by atoms with Crippen molar-refractivity contribution in [3.8, 4) is 0 Å². The van der Waals surface area contributed by atoms with E-state index in [1.54, 1.807) is 13.2 Å². The Labute approximate surface area is 96.9 Å². The van der Waals surface area contributed by atoms with Gasteiger partial charge in [-0.3, -0.25) is 0 Å². The van der Waals surface area contributed by atoms with Gasteiger partial charge in [0, 0.05) is 13.7 Å². The number of hydrogen-bond acceptors (Lipinski definition) is 4. The molecule has 0 unspecified atom stereocenters.